The van der Waals surface area contributed by atoms with Gasteiger partial charge in [-0.05, 0) is 41.9 Å². The van der Waals surface area contributed by atoms with Gasteiger partial charge in [0.05, 0.1) is 17.3 Å². The van der Waals surface area contributed by atoms with Crippen molar-refractivity contribution in [3.8, 4) is 5.75 Å². The molecule has 2 N–H and O–H groups in total. The number of hydrogen-bond donors (Lipinski definition) is 1. The van der Waals surface area contributed by atoms with Gasteiger partial charge in [0.25, 0.3) is 0 Å². The second-order valence-electron chi connectivity index (χ2n) is 4.92. The lowest BCUT2D eigenvalue weighted by Gasteiger charge is -2.31. The van der Waals surface area contributed by atoms with Gasteiger partial charge in [-0.1, -0.05) is 11.6 Å². The topological polar surface area (TPSA) is 47.7 Å². The third-order valence-electron chi connectivity index (χ3n) is 3.13. The molecule has 0 aliphatic carbocycles. The van der Waals surface area contributed by atoms with Crippen LogP contribution in [0.2, 0.25) is 5.02 Å². The van der Waals surface area contributed by atoms with Crippen LogP contribution in [0.15, 0.2) is 28.6 Å². The number of nitrogen functional groups attached to an aromatic ring is 1. The molecule has 0 radical (unpaired) electrons. The maximum absolute atomic E-state index is 5.96. The Hall–Kier alpha value is -0.910. The van der Waals surface area contributed by atoms with Gasteiger partial charge >= 0.3 is 0 Å². The van der Waals surface area contributed by atoms with Crippen LogP contribution in [0, 0.1) is 0 Å². The first-order valence-corrected chi connectivity index (χ1v) is 7.61. The van der Waals surface area contributed by atoms with Crippen molar-refractivity contribution in [2.75, 3.05) is 25.4 Å². The molecule has 0 aromatic heterocycles. The molecule has 1 aliphatic rings. The van der Waals surface area contributed by atoms with Gasteiger partial charge in [-0.2, -0.15) is 0 Å². The van der Waals surface area contributed by atoms with E-state index >= 15 is 0 Å². The number of morpholine rings is 1. The van der Waals surface area contributed by atoms with Crippen molar-refractivity contribution in [2.45, 2.75) is 19.9 Å². The van der Waals surface area contributed by atoms with Crippen LogP contribution in [-0.2, 0) is 4.74 Å². The van der Waals surface area contributed by atoms with Gasteiger partial charge in [-0.25, -0.2) is 0 Å². The standard InChI is InChI=1S/C14H18BrClN2O2/c1-9(2)18-3-4-19-10(7-18)8-20-14-5-11(15)12(16)6-13(14)17/h5-6,8-9H,3-4,7,17H2,1-2H3. The smallest absolute Gasteiger partial charge is 0.150 e. The van der Waals surface area contributed by atoms with Gasteiger partial charge in [-0.3, -0.25) is 4.90 Å². The second kappa shape index (κ2) is 6.70. The Morgan fingerprint density at radius 1 is 1.50 bits per heavy atom. The van der Waals surface area contributed by atoms with E-state index in [1.165, 1.54) is 0 Å². The van der Waals surface area contributed by atoms with E-state index in [0.29, 0.717) is 29.1 Å². The minimum absolute atomic E-state index is 0.483. The molecule has 110 valence electrons. The second-order valence-corrected chi connectivity index (χ2v) is 6.18. The Labute approximate surface area is 132 Å². The van der Waals surface area contributed by atoms with Crippen LogP contribution in [0.5, 0.6) is 5.75 Å². The van der Waals surface area contributed by atoms with E-state index in [-0.39, 0.29) is 0 Å². The summed E-state index contributed by atoms with van der Waals surface area (Å²) in [5.41, 5.74) is 6.36. The number of rotatable bonds is 3. The predicted molar refractivity (Wildman–Crippen MR) is 84.9 cm³/mol. The summed E-state index contributed by atoms with van der Waals surface area (Å²) in [5.74, 6) is 1.36. The van der Waals surface area contributed by atoms with Gasteiger partial charge in [0.15, 0.2) is 5.75 Å². The predicted octanol–water partition coefficient (Wildman–Crippen LogP) is 3.65. The monoisotopic (exact) mass is 360 g/mol. The van der Waals surface area contributed by atoms with Crippen molar-refractivity contribution in [3.05, 3.63) is 33.6 Å². The third-order valence-corrected chi connectivity index (χ3v) is 4.32. The molecule has 6 heteroatoms. The summed E-state index contributed by atoms with van der Waals surface area (Å²) < 4.78 is 11.9. The van der Waals surface area contributed by atoms with E-state index in [1.807, 2.05) is 0 Å². The lowest BCUT2D eigenvalue weighted by Crippen LogP contribution is -2.39. The zero-order valence-corrected chi connectivity index (χ0v) is 13.9. The summed E-state index contributed by atoms with van der Waals surface area (Å²) >= 11 is 9.31. The van der Waals surface area contributed by atoms with Crippen molar-refractivity contribution >= 4 is 33.2 Å². The average Bonchev–Trinajstić information content (AvgIpc) is 2.41. The van der Waals surface area contributed by atoms with Gasteiger partial charge in [0.1, 0.15) is 18.6 Å². The van der Waals surface area contributed by atoms with Crippen LogP contribution < -0.4 is 10.5 Å². The maximum Gasteiger partial charge on any atom is 0.150 e. The van der Waals surface area contributed by atoms with Crippen LogP contribution in [-0.4, -0.2) is 30.6 Å². The number of ether oxygens (including phenoxy) is 2. The van der Waals surface area contributed by atoms with E-state index in [0.717, 1.165) is 23.3 Å². The molecular formula is C14H18BrClN2O2. The Kier molecular flexibility index (Phi) is 5.18. The molecule has 0 bridgehead atoms. The molecule has 20 heavy (non-hydrogen) atoms. The van der Waals surface area contributed by atoms with Crippen molar-refractivity contribution in [1.82, 2.24) is 4.90 Å². The van der Waals surface area contributed by atoms with E-state index in [1.54, 1.807) is 18.4 Å². The molecule has 0 amide bonds. The average molecular weight is 362 g/mol. The van der Waals surface area contributed by atoms with Crippen LogP contribution in [0.1, 0.15) is 13.8 Å². The van der Waals surface area contributed by atoms with Crippen molar-refractivity contribution in [1.29, 1.82) is 0 Å². The number of hydrogen-bond acceptors (Lipinski definition) is 4. The molecule has 0 unspecified atom stereocenters. The van der Waals surface area contributed by atoms with Crippen LogP contribution in [0.25, 0.3) is 0 Å². The Bertz CT molecular complexity index is 520. The molecule has 1 aromatic carbocycles. The van der Waals surface area contributed by atoms with Crippen LogP contribution in [0.3, 0.4) is 0 Å². The molecule has 1 aliphatic heterocycles. The number of anilines is 1. The zero-order valence-electron chi connectivity index (χ0n) is 11.5. The Balaban J connectivity index is 2.07. The quantitative estimate of drug-likeness (QED) is 0.659. The highest BCUT2D eigenvalue weighted by Gasteiger charge is 2.18. The minimum Gasteiger partial charge on any atom is -0.492 e. The molecule has 0 atom stereocenters. The molecular weight excluding hydrogens is 344 g/mol. The van der Waals surface area contributed by atoms with E-state index < -0.39 is 0 Å². The Morgan fingerprint density at radius 2 is 2.25 bits per heavy atom. The van der Waals surface area contributed by atoms with Gasteiger partial charge in [0.2, 0.25) is 0 Å². The van der Waals surface area contributed by atoms with Gasteiger partial charge in [-0.15, -0.1) is 0 Å². The van der Waals surface area contributed by atoms with Crippen LogP contribution in [0.4, 0.5) is 5.69 Å². The van der Waals surface area contributed by atoms with Gasteiger partial charge in [0, 0.05) is 17.1 Å². The van der Waals surface area contributed by atoms with Crippen molar-refractivity contribution < 1.29 is 9.47 Å². The summed E-state index contributed by atoms with van der Waals surface area (Å²) in [6.07, 6.45) is 1.61. The molecule has 0 saturated carbocycles. The summed E-state index contributed by atoms with van der Waals surface area (Å²) in [7, 11) is 0. The molecule has 4 nitrogen and oxygen atoms in total. The lowest BCUT2D eigenvalue weighted by molar-refractivity contribution is 0.0710. The fraction of sp³-hybridized carbons (Fsp3) is 0.429. The molecule has 0 spiro atoms. The first-order chi connectivity index (χ1) is 9.47. The molecule has 1 heterocycles. The summed E-state index contributed by atoms with van der Waals surface area (Å²) in [6.45, 7) is 6.68. The van der Waals surface area contributed by atoms with E-state index in [4.69, 9.17) is 26.8 Å². The molecule has 1 saturated heterocycles. The highest BCUT2D eigenvalue weighted by Crippen LogP contribution is 2.32. The highest BCUT2D eigenvalue weighted by atomic mass is 79.9. The third kappa shape index (κ3) is 3.81. The minimum atomic E-state index is 0.483. The number of nitrogens with zero attached hydrogens (tertiary/aromatic N) is 1. The first-order valence-electron chi connectivity index (χ1n) is 6.44. The normalized spacial score (nSPS) is 18.4. The lowest BCUT2D eigenvalue weighted by atomic mass is 10.3. The van der Waals surface area contributed by atoms with E-state index in [9.17, 15) is 0 Å². The molecule has 1 aromatic rings. The fourth-order valence-electron chi connectivity index (χ4n) is 1.91. The van der Waals surface area contributed by atoms with Crippen molar-refractivity contribution in [3.63, 3.8) is 0 Å². The first kappa shape index (κ1) is 15.5. The SMILES string of the molecule is CC(C)N1CCOC(=COc2cc(Br)c(Cl)cc2N)C1. The molecule has 2 rings (SSSR count). The number of halogens is 2. The maximum atomic E-state index is 5.96. The van der Waals surface area contributed by atoms with Gasteiger partial charge < -0.3 is 15.2 Å². The van der Waals surface area contributed by atoms with Crippen LogP contribution >= 0.6 is 27.5 Å². The van der Waals surface area contributed by atoms with Crippen molar-refractivity contribution in [2.24, 2.45) is 0 Å². The molecule has 1 fully saturated rings. The summed E-state index contributed by atoms with van der Waals surface area (Å²) in [5, 5.41) is 0.558. The largest absolute Gasteiger partial charge is 0.492 e. The fourth-order valence-corrected chi connectivity index (χ4v) is 2.40. The Morgan fingerprint density at radius 3 is 2.95 bits per heavy atom. The number of nitrogens with two attached hydrogens (primary N) is 1. The highest BCUT2D eigenvalue weighted by molar-refractivity contribution is 9.10. The summed E-state index contributed by atoms with van der Waals surface area (Å²) in [6, 6.07) is 3.89. The number of benzene rings is 1. The summed E-state index contributed by atoms with van der Waals surface area (Å²) in [4.78, 5) is 2.32. The van der Waals surface area contributed by atoms with E-state index in [2.05, 4.69) is 34.7 Å². The zero-order chi connectivity index (χ0) is 14.7.